The maximum absolute atomic E-state index is 10.7. The molecule has 0 saturated heterocycles. The third kappa shape index (κ3) is 4.25. The second kappa shape index (κ2) is 7.30. The summed E-state index contributed by atoms with van der Waals surface area (Å²) in [6.07, 6.45) is 0. The Kier molecular flexibility index (Phi) is 6.03. The molecule has 0 aliphatic rings. The van der Waals surface area contributed by atoms with Gasteiger partial charge in [0.15, 0.2) is 5.13 Å². The van der Waals surface area contributed by atoms with Crippen molar-refractivity contribution < 1.29 is 9.90 Å². The van der Waals surface area contributed by atoms with Gasteiger partial charge >= 0.3 is 5.97 Å². The van der Waals surface area contributed by atoms with Crippen molar-refractivity contribution in [2.75, 3.05) is 31.5 Å². The fourth-order valence-corrected chi connectivity index (χ4v) is 2.27. The Morgan fingerprint density at radius 1 is 1.61 bits per heavy atom. The number of carboxylic acid groups (broad SMARTS) is 1. The molecule has 1 atom stereocenters. The molecule has 1 unspecified atom stereocenters. The van der Waals surface area contributed by atoms with Crippen LogP contribution in [0.1, 0.15) is 25.6 Å². The van der Waals surface area contributed by atoms with Crippen LogP contribution in [0.2, 0.25) is 0 Å². The van der Waals surface area contributed by atoms with Gasteiger partial charge in [-0.2, -0.15) is 0 Å². The molecule has 0 aliphatic heterocycles. The predicted molar refractivity (Wildman–Crippen MR) is 73.0 cm³/mol. The highest BCUT2D eigenvalue weighted by atomic mass is 32.1. The van der Waals surface area contributed by atoms with Crippen molar-refractivity contribution in [2.45, 2.75) is 19.9 Å². The number of thiazole rings is 1. The Morgan fingerprint density at radius 3 is 2.83 bits per heavy atom. The predicted octanol–water partition coefficient (Wildman–Crippen LogP) is 0.981. The van der Waals surface area contributed by atoms with E-state index in [1.54, 1.807) is 5.38 Å². The van der Waals surface area contributed by atoms with Gasteiger partial charge in [-0.3, -0.25) is 4.79 Å². The van der Waals surface area contributed by atoms with E-state index in [4.69, 9.17) is 10.8 Å². The van der Waals surface area contributed by atoms with Crippen LogP contribution < -0.4 is 11.1 Å². The van der Waals surface area contributed by atoms with E-state index < -0.39 is 12.0 Å². The second-order valence-electron chi connectivity index (χ2n) is 3.85. The summed E-state index contributed by atoms with van der Waals surface area (Å²) in [5.74, 6) is -1.06. The van der Waals surface area contributed by atoms with Gasteiger partial charge in [-0.05, 0) is 13.1 Å². The van der Waals surface area contributed by atoms with E-state index in [0.29, 0.717) is 10.8 Å². The molecule has 1 aromatic heterocycles. The topological polar surface area (TPSA) is 91.5 Å². The Bertz CT molecular complexity index is 379. The Hall–Kier alpha value is -1.18. The number of carboxylic acids is 1. The maximum Gasteiger partial charge on any atom is 0.326 e. The van der Waals surface area contributed by atoms with Crippen LogP contribution >= 0.6 is 11.3 Å². The van der Waals surface area contributed by atoms with Crippen molar-refractivity contribution in [3.05, 3.63) is 11.1 Å². The van der Waals surface area contributed by atoms with Crippen LogP contribution in [0, 0.1) is 0 Å². The Labute approximate surface area is 111 Å². The molecule has 102 valence electrons. The molecule has 4 N–H and O–H groups in total. The molecule has 18 heavy (non-hydrogen) atoms. The van der Waals surface area contributed by atoms with Gasteiger partial charge < -0.3 is 21.1 Å². The molecule has 1 heterocycles. The Morgan fingerprint density at radius 2 is 2.28 bits per heavy atom. The maximum atomic E-state index is 10.7. The van der Waals surface area contributed by atoms with E-state index in [-0.39, 0.29) is 0 Å². The first-order valence-electron chi connectivity index (χ1n) is 5.98. The molecule has 0 fully saturated rings. The van der Waals surface area contributed by atoms with Crippen LogP contribution in [-0.4, -0.2) is 47.1 Å². The number of hydrogen-bond donors (Lipinski definition) is 3. The number of nitrogens with one attached hydrogen (secondary N) is 1. The van der Waals surface area contributed by atoms with Crippen molar-refractivity contribution in [1.82, 2.24) is 9.88 Å². The van der Waals surface area contributed by atoms with Crippen LogP contribution in [0.3, 0.4) is 0 Å². The first-order chi connectivity index (χ1) is 8.58. The lowest BCUT2D eigenvalue weighted by Crippen LogP contribution is -2.28. The van der Waals surface area contributed by atoms with Crippen LogP contribution in [0.25, 0.3) is 0 Å². The zero-order valence-corrected chi connectivity index (χ0v) is 11.5. The lowest BCUT2D eigenvalue weighted by atomic mass is 10.2. The summed E-state index contributed by atoms with van der Waals surface area (Å²) in [6, 6.07) is -1.04. The third-order valence-corrected chi connectivity index (χ3v) is 3.52. The van der Waals surface area contributed by atoms with Crippen molar-refractivity contribution >= 4 is 22.4 Å². The number of aromatic nitrogens is 1. The number of nitrogens with two attached hydrogens (primary N) is 1. The molecule has 0 bridgehead atoms. The SMILES string of the molecule is CCN(CC)CCNc1nc(C(N)C(=O)O)cs1. The van der Waals surface area contributed by atoms with Gasteiger partial charge in [0.25, 0.3) is 0 Å². The monoisotopic (exact) mass is 272 g/mol. The summed E-state index contributed by atoms with van der Waals surface area (Å²) in [5, 5.41) is 14.3. The lowest BCUT2D eigenvalue weighted by Gasteiger charge is -2.17. The average molecular weight is 272 g/mol. The van der Waals surface area contributed by atoms with Crippen molar-refractivity contribution in [3.8, 4) is 0 Å². The van der Waals surface area contributed by atoms with Gasteiger partial charge in [0.1, 0.15) is 6.04 Å². The smallest absolute Gasteiger partial charge is 0.326 e. The molecular weight excluding hydrogens is 252 g/mol. The minimum Gasteiger partial charge on any atom is -0.480 e. The van der Waals surface area contributed by atoms with Gasteiger partial charge in [-0.25, -0.2) is 4.98 Å². The minimum atomic E-state index is -1.06. The molecule has 0 amide bonds. The fraction of sp³-hybridized carbons (Fsp3) is 0.636. The zero-order valence-electron chi connectivity index (χ0n) is 10.7. The molecule has 0 aromatic carbocycles. The van der Waals surface area contributed by atoms with E-state index in [2.05, 4.69) is 29.0 Å². The highest BCUT2D eigenvalue weighted by Crippen LogP contribution is 2.19. The van der Waals surface area contributed by atoms with E-state index in [1.165, 1.54) is 11.3 Å². The standard InChI is InChI=1S/C11H20N4O2S/c1-3-15(4-2)6-5-13-11-14-8(7-18-11)9(12)10(16)17/h7,9H,3-6,12H2,1-2H3,(H,13,14)(H,16,17). The number of rotatable bonds is 8. The van der Waals surface area contributed by atoms with Gasteiger partial charge in [0.2, 0.25) is 0 Å². The molecular formula is C11H20N4O2S. The molecule has 0 saturated carbocycles. The average Bonchev–Trinajstić information content (AvgIpc) is 2.82. The second-order valence-corrected chi connectivity index (χ2v) is 4.71. The largest absolute Gasteiger partial charge is 0.480 e. The van der Waals surface area contributed by atoms with Gasteiger partial charge in [-0.1, -0.05) is 13.8 Å². The summed E-state index contributed by atoms with van der Waals surface area (Å²) in [5.41, 5.74) is 5.88. The molecule has 0 aliphatic carbocycles. The summed E-state index contributed by atoms with van der Waals surface area (Å²) < 4.78 is 0. The first kappa shape index (κ1) is 14.9. The quantitative estimate of drug-likeness (QED) is 0.653. The summed E-state index contributed by atoms with van der Waals surface area (Å²) in [4.78, 5) is 17.2. The summed E-state index contributed by atoms with van der Waals surface area (Å²) in [7, 11) is 0. The highest BCUT2D eigenvalue weighted by molar-refractivity contribution is 7.13. The van der Waals surface area contributed by atoms with Crippen molar-refractivity contribution in [2.24, 2.45) is 5.73 Å². The molecule has 1 aromatic rings. The van der Waals surface area contributed by atoms with Crippen LogP contribution in [0.4, 0.5) is 5.13 Å². The molecule has 7 heteroatoms. The third-order valence-electron chi connectivity index (χ3n) is 2.71. The normalized spacial score (nSPS) is 12.7. The summed E-state index contributed by atoms with van der Waals surface area (Å²) in [6.45, 7) is 8.01. The number of likely N-dealkylation sites (N-methyl/N-ethyl adjacent to an activating group) is 1. The summed E-state index contributed by atoms with van der Waals surface area (Å²) >= 11 is 1.38. The lowest BCUT2D eigenvalue weighted by molar-refractivity contribution is -0.138. The number of anilines is 1. The van der Waals surface area contributed by atoms with E-state index in [1.807, 2.05) is 0 Å². The number of aliphatic carboxylic acids is 1. The van der Waals surface area contributed by atoms with Gasteiger partial charge in [0, 0.05) is 18.5 Å². The number of hydrogen-bond acceptors (Lipinski definition) is 6. The molecule has 1 rings (SSSR count). The molecule has 0 spiro atoms. The highest BCUT2D eigenvalue weighted by Gasteiger charge is 2.17. The van der Waals surface area contributed by atoms with E-state index in [9.17, 15) is 4.79 Å². The number of nitrogens with zero attached hydrogens (tertiary/aromatic N) is 2. The van der Waals surface area contributed by atoms with Gasteiger partial charge in [-0.15, -0.1) is 11.3 Å². The van der Waals surface area contributed by atoms with E-state index in [0.717, 1.165) is 26.2 Å². The van der Waals surface area contributed by atoms with Gasteiger partial charge in [0.05, 0.1) is 5.69 Å². The van der Waals surface area contributed by atoms with E-state index >= 15 is 0 Å². The van der Waals surface area contributed by atoms with Crippen LogP contribution in [0.15, 0.2) is 5.38 Å². The minimum absolute atomic E-state index is 0.401. The molecule has 6 nitrogen and oxygen atoms in total. The Balaban J connectivity index is 2.42. The van der Waals surface area contributed by atoms with Crippen LogP contribution in [-0.2, 0) is 4.79 Å². The van der Waals surface area contributed by atoms with Crippen LogP contribution in [0.5, 0.6) is 0 Å². The van der Waals surface area contributed by atoms with Crippen molar-refractivity contribution in [1.29, 1.82) is 0 Å². The first-order valence-corrected chi connectivity index (χ1v) is 6.86. The zero-order chi connectivity index (χ0) is 13.5. The number of carbonyl (C=O) groups is 1. The molecule has 0 radical (unpaired) electrons. The fourth-order valence-electron chi connectivity index (χ4n) is 1.50. The van der Waals surface area contributed by atoms with Crippen molar-refractivity contribution in [3.63, 3.8) is 0 Å².